The monoisotopic (exact) mass is 268 g/mol. The van der Waals surface area contributed by atoms with Crippen molar-refractivity contribution in [2.24, 2.45) is 0 Å². The molecule has 5 heteroatoms. The van der Waals surface area contributed by atoms with Gasteiger partial charge in [-0.25, -0.2) is 9.18 Å². The Balaban J connectivity index is 2.29. The van der Waals surface area contributed by atoms with Crippen LogP contribution in [0, 0.1) is 12.7 Å². The third-order valence-corrected chi connectivity index (χ3v) is 2.16. The Morgan fingerprint density at radius 2 is 1.95 bits per heavy atom. The van der Waals surface area contributed by atoms with E-state index in [1.807, 2.05) is 13.0 Å². The molecule has 1 amide bonds. The Hall–Kier alpha value is -1.78. The van der Waals surface area contributed by atoms with E-state index in [4.69, 9.17) is 4.74 Å². The highest BCUT2D eigenvalue weighted by atomic mass is 19.1. The van der Waals surface area contributed by atoms with Gasteiger partial charge in [0.15, 0.2) is 0 Å². The van der Waals surface area contributed by atoms with Crippen molar-refractivity contribution < 1.29 is 13.9 Å². The molecular formula is C14H21FN2O2. The van der Waals surface area contributed by atoms with Crippen LogP contribution in [0.3, 0.4) is 0 Å². The van der Waals surface area contributed by atoms with Gasteiger partial charge in [-0.3, -0.25) is 0 Å². The number of hydrogen-bond acceptors (Lipinski definition) is 3. The van der Waals surface area contributed by atoms with Gasteiger partial charge in [-0.05, 0) is 51.5 Å². The van der Waals surface area contributed by atoms with E-state index in [-0.39, 0.29) is 5.82 Å². The van der Waals surface area contributed by atoms with Crippen LogP contribution in [0.4, 0.5) is 14.9 Å². The normalized spacial score (nSPS) is 11.0. The maximum atomic E-state index is 13.1. The van der Waals surface area contributed by atoms with Gasteiger partial charge in [0.2, 0.25) is 0 Å². The number of aryl methyl sites for hydroxylation is 1. The van der Waals surface area contributed by atoms with E-state index >= 15 is 0 Å². The Morgan fingerprint density at radius 1 is 1.26 bits per heavy atom. The summed E-state index contributed by atoms with van der Waals surface area (Å²) in [6, 6.07) is 4.72. The second-order valence-corrected chi connectivity index (χ2v) is 5.37. The number of nitrogens with one attached hydrogen (secondary N) is 2. The zero-order valence-electron chi connectivity index (χ0n) is 11.8. The summed E-state index contributed by atoms with van der Waals surface area (Å²) in [6.45, 7) is 8.15. The Labute approximate surface area is 113 Å². The number of alkyl carbamates (subject to hydrolysis) is 1. The lowest BCUT2D eigenvalue weighted by molar-refractivity contribution is 0.0530. The number of benzene rings is 1. The van der Waals surface area contributed by atoms with Crippen LogP contribution in [-0.4, -0.2) is 24.8 Å². The van der Waals surface area contributed by atoms with E-state index in [2.05, 4.69) is 10.6 Å². The zero-order valence-corrected chi connectivity index (χ0v) is 11.8. The number of halogens is 1. The molecule has 0 radical (unpaired) electrons. The second-order valence-electron chi connectivity index (χ2n) is 5.37. The van der Waals surface area contributed by atoms with Gasteiger partial charge in [0.25, 0.3) is 0 Å². The number of rotatable bonds is 4. The fourth-order valence-electron chi connectivity index (χ4n) is 1.52. The number of carbonyl (C=O) groups excluding carboxylic acids is 1. The largest absolute Gasteiger partial charge is 0.444 e. The molecule has 0 aliphatic rings. The summed E-state index contributed by atoms with van der Waals surface area (Å²) in [5.74, 6) is -0.275. The first-order valence-electron chi connectivity index (χ1n) is 6.24. The number of amides is 1. The zero-order chi connectivity index (χ0) is 14.5. The molecule has 1 rings (SSSR count). The number of hydrogen-bond donors (Lipinski definition) is 2. The van der Waals surface area contributed by atoms with Crippen LogP contribution in [0.1, 0.15) is 26.3 Å². The Kier molecular flexibility index (Phi) is 5.15. The lowest BCUT2D eigenvalue weighted by atomic mass is 10.2. The third-order valence-electron chi connectivity index (χ3n) is 2.16. The van der Waals surface area contributed by atoms with Crippen LogP contribution in [0.15, 0.2) is 18.2 Å². The average Bonchev–Trinajstić information content (AvgIpc) is 2.20. The van der Waals surface area contributed by atoms with Crippen molar-refractivity contribution >= 4 is 11.8 Å². The standard InChI is InChI=1S/C14H21FN2O2/c1-10-7-11(15)9-12(8-10)16-5-6-17-13(18)19-14(2,3)4/h7-9,16H,5-6H2,1-4H3,(H,17,18). The second kappa shape index (κ2) is 6.41. The predicted molar refractivity (Wildman–Crippen MR) is 73.9 cm³/mol. The molecule has 0 saturated heterocycles. The van der Waals surface area contributed by atoms with Crippen molar-refractivity contribution in [1.82, 2.24) is 5.32 Å². The fraction of sp³-hybridized carbons (Fsp3) is 0.500. The highest BCUT2D eigenvalue weighted by Crippen LogP contribution is 2.12. The van der Waals surface area contributed by atoms with Crippen molar-refractivity contribution in [1.29, 1.82) is 0 Å². The van der Waals surface area contributed by atoms with Gasteiger partial charge in [0.1, 0.15) is 11.4 Å². The van der Waals surface area contributed by atoms with Crippen LogP contribution in [0.5, 0.6) is 0 Å². The number of anilines is 1. The van der Waals surface area contributed by atoms with Crippen LogP contribution < -0.4 is 10.6 Å². The SMILES string of the molecule is Cc1cc(F)cc(NCCNC(=O)OC(C)(C)C)c1. The van der Waals surface area contributed by atoms with Crippen LogP contribution in [0.25, 0.3) is 0 Å². The minimum atomic E-state index is -0.503. The van der Waals surface area contributed by atoms with Gasteiger partial charge in [-0.15, -0.1) is 0 Å². The van der Waals surface area contributed by atoms with Crippen LogP contribution in [0.2, 0.25) is 0 Å². The molecule has 4 nitrogen and oxygen atoms in total. The van der Waals surface area contributed by atoms with Gasteiger partial charge in [0.05, 0.1) is 0 Å². The summed E-state index contributed by atoms with van der Waals surface area (Å²) in [5, 5.41) is 5.66. The van der Waals surface area contributed by atoms with E-state index in [0.717, 1.165) is 5.56 Å². The summed E-state index contributed by atoms with van der Waals surface area (Å²) < 4.78 is 18.2. The van der Waals surface area contributed by atoms with E-state index < -0.39 is 11.7 Å². The fourth-order valence-corrected chi connectivity index (χ4v) is 1.52. The van der Waals surface area contributed by atoms with Gasteiger partial charge in [0, 0.05) is 18.8 Å². The first-order chi connectivity index (χ1) is 8.76. The average molecular weight is 268 g/mol. The molecular weight excluding hydrogens is 247 g/mol. The third kappa shape index (κ3) is 6.64. The highest BCUT2D eigenvalue weighted by molar-refractivity contribution is 5.67. The maximum absolute atomic E-state index is 13.1. The number of ether oxygens (including phenoxy) is 1. The van der Waals surface area contributed by atoms with Crippen molar-refractivity contribution in [3.8, 4) is 0 Å². The maximum Gasteiger partial charge on any atom is 0.407 e. The van der Waals surface area contributed by atoms with Crippen molar-refractivity contribution in [2.75, 3.05) is 18.4 Å². The summed E-state index contributed by atoms with van der Waals surface area (Å²) in [4.78, 5) is 11.4. The van der Waals surface area contributed by atoms with Crippen molar-refractivity contribution in [2.45, 2.75) is 33.3 Å². The van der Waals surface area contributed by atoms with Crippen molar-refractivity contribution in [3.05, 3.63) is 29.6 Å². The molecule has 0 aliphatic carbocycles. The highest BCUT2D eigenvalue weighted by Gasteiger charge is 2.15. The van der Waals surface area contributed by atoms with Crippen molar-refractivity contribution in [3.63, 3.8) is 0 Å². The van der Waals surface area contributed by atoms with Gasteiger partial charge >= 0.3 is 6.09 Å². The Bertz CT molecular complexity index is 421. The first-order valence-corrected chi connectivity index (χ1v) is 6.24. The number of carbonyl (C=O) groups is 1. The van der Waals surface area contributed by atoms with E-state index in [9.17, 15) is 9.18 Å². The van der Waals surface area contributed by atoms with Gasteiger partial charge < -0.3 is 15.4 Å². The molecule has 0 saturated carbocycles. The molecule has 0 spiro atoms. The molecule has 0 bridgehead atoms. The molecule has 106 valence electrons. The molecule has 0 fully saturated rings. The van der Waals surface area contributed by atoms with Crippen LogP contribution >= 0.6 is 0 Å². The molecule has 0 atom stereocenters. The van der Waals surface area contributed by atoms with E-state index in [0.29, 0.717) is 18.8 Å². The first kappa shape index (κ1) is 15.3. The molecule has 19 heavy (non-hydrogen) atoms. The van der Waals surface area contributed by atoms with E-state index in [1.54, 1.807) is 20.8 Å². The summed E-state index contributed by atoms with van der Waals surface area (Å²) in [5.41, 5.74) is 1.04. The predicted octanol–water partition coefficient (Wildman–Crippen LogP) is 3.07. The van der Waals surface area contributed by atoms with Crippen LogP contribution in [-0.2, 0) is 4.74 Å². The summed E-state index contributed by atoms with van der Waals surface area (Å²) >= 11 is 0. The molecule has 0 aromatic heterocycles. The van der Waals surface area contributed by atoms with Gasteiger partial charge in [-0.2, -0.15) is 0 Å². The lowest BCUT2D eigenvalue weighted by Gasteiger charge is -2.19. The summed E-state index contributed by atoms with van der Waals surface area (Å²) in [7, 11) is 0. The topological polar surface area (TPSA) is 50.4 Å². The smallest absolute Gasteiger partial charge is 0.407 e. The lowest BCUT2D eigenvalue weighted by Crippen LogP contribution is -2.35. The molecule has 2 N–H and O–H groups in total. The van der Waals surface area contributed by atoms with Gasteiger partial charge in [-0.1, -0.05) is 0 Å². The molecule has 0 heterocycles. The molecule has 0 unspecified atom stereocenters. The minimum absolute atomic E-state index is 0.275. The molecule has 1 aromatic carbocycles. The quantitative estimate of drug-likeness (QED) is 0.825. The molecule has 1 aromatic rings. The Morgan fingerprint density at radius 3 is 2.53 bits per heavy atom. The summed E-state index contributed by atoms with van der Waals surface area (Å²) in [6.07, 6.45) is -0.454. The minimum Gasteiger partial charge on any atom is -0.444 e. The molecule has 0 aliphatic heterocycles. The van der Waals surface area contributed by atoms with E-state index in [1.165, 1.54) is 12.1 Å².